The number of benzene rings is 1. The molecule has 0 aromatic heterocycles. The summed E-state index contributed by atoms with van der Waals surface area (Å²) >= 11 is 0. The smallest absolute Gasteiger partial charge is 0.258 e. The second-order valence-electron chi connectivity index (χ2n) is 5.74. The lowest BCUT2D eigenvalue weighted by atomic mass is 9.97. The SMILES string of the molecule is C=CC(=O)N1CCCC(C(=O)N=S(C)(=O)c2ccc(OC)cc2)C1. The average Bonchev–Trinajstić information content (AvgIpc) is 2.60. The molecule has 1 aromatic carbocycles. The van der Waals surface area contributed by atoms with Crippen molar-refractivity contribution in [1.29, 1.82) is 0 Å². The summed E-state index contributed by atoms with van der Waals surface area (Å²) in [5.41, 5.74) is 0. The summed E-state index contributed by atoms with van der Waals surface area (Å²) < 4.78 is 21.8. The van der Waals surface area contributed by atoms with Crippen LogP contribution < -0.4 is 4.74 Å². The van der Waals surface area contributed by atoms with Gasteiger partial charge in [0.1, 0.15) is 5.75 Å². The molecule has 2 atom stereocenters. The molecule has 0 bridgehead atoms. The fraction of sp³-hybridized carbons (Fsp3) is 0.412. The molecule has 0 radical (unpaired) electrons. The largest absolute Gasteiger partial charge is 0.497 e. The number of amides is 2. The van der Waals surface area contributed by atoms with E-state index in [0.29, 0.717) is 30.2 Å². The van der Waals surface area contributed by atoms with Crippen molar-refractivity contribution in [3.63, 3.8) is 0 Å². The summed E-state index contributed by atoms with van der Waals surface area (Å²) in [4.78, 5) is 26.2. The van der Waals surface area contributed by atoms with Gasteiger partial charge in [-0.2, -0.15) is 4.36 Å². The standard InChI is InChI=1S/C17H22N2O4S/c1-4-16(20)19-11-5-6-13(12-19)17(21)18-24(3,22)15-9-7-14(23-2)8-10-15/h4,7-10,13H,1,5-6,11-12H2,2-3H3. The first-order chi connectivity index (χ1) is 11.4. The molecule has 0 N–H and O–H groups in total. The van der Waals surface area contributed by atoms with Crippen molar-refractivity contribution in [1.82, 2.24) is 4.90 Å². The van der Waals surface area contributed by atoms with E-state index in [1.165, 1.54) is 12.3 Å². The Hall–Kier alpha value is -2.15. The van der Waals surface area contributed by atoms with Gasteiger partial charge in [-0.25, -0.2) is 4.21 Å². The molecule has 2 amide bonds. The van der Waals surface area contributed by atoms with Crippen molar-refractivity contribution < 1.29 is 18.5 Å². The van der Waals surface area contributed by atoms with Crippen LogP contribution in [0.15, 0.2) is 46.2 Å². The van der Waals surface area contributed by atoms with E-state index in [2.05, 4.69) is 10.9 Å². The number of rotatable bonds is 4. The molecule has 1 aromatic rings. The average molecular weight is 350 g/mol. The number of likely N-dealkylation sites (tertiary alicyclic amines) is 1. The van der Waals surface area contributed by atoms with Crippen LogP contribution in [-0.4, -0.2) is 47.4 Å². The number of ether oxygens (including phenoxy) is 1. The van der Waals surface area contributed by atoms with E-state index in [1.54, 1.807) is 36.3 Å². The van der Waals surface area contributed by atoms with Crippen LogP contribution in [0.3, 0.4) is 0 Å². The van der Waals surface area contributed by atoms with E-state index in [1.807, 2.05) is 0 Å². The topological polar surface area (TPSA) is 76.0 Å². The lowest BCUT2D eigenvalue weighted by molar-refractivity contribution is -0.130. The van der Waals surface area contributed by atoms with Crippen molar-refractivity contribution in [3.8, 4) is 5.75 Å². The van der Waals surface area contributed by atoms with E-state index in [0.717, 1.165) is 6.42 Å². The third kappa shape index (κ3) is 4.23. The van der Waals surface area contributed by atoms with E-state index in [-0.39, 0.29) is 5.91 Å². The summed E-state index contributed by atoms with van der Waals surface area (Å²) in [6.07, 6.45) is 4.05. The number of methoxy groups -OCH3 is 1. The van der Waals surface area contributed by atoms with Gasteiger partial charge < -0.3 is 9.64 Å². The first kappa shape index (κ1) is 18.2. The summed E-state index contributed by atoms with van der Waals surface area (Å²) in [6, 6.07) is 6.66. The zero-order valence-corrected chi connectivity index (χ0v) is 14.8. The third-order valence-electron chi connectivity index (χ3n) is 4.02. The Morgan fingerprint density at radius 1 is 1.38 bits per heavy atom. The summed E-state index contributed by atoms with van der Waals surface area (Å²) in [6.45, 7) is 4.37. The number of hydrogen-bond acceptors (Lipinski definition) is 4. The van der Waals surface area contributed by atoms with Gasteiger partial charge in [0.25, 0.3) is 5.91 Å². The molecule has 1 heterocycles. The molecule has 0 spiro atoms. The van der Waals surface area contributed by atoms with Gasteiger partial charge in [-0.1, -0.05) is 6.58 Å². The van der Waals surface area contributed by atoms with Crippen LogP contribution >= 0.6 is 0 Å². The van der Waals surface area contributed by atoms with Crippen molar-refractivity contribution in [2.45, 2.75) is 17.7 Å². The Morgan fingerprint density at radius 3 is 2.62 bits per heavy atom. The lowest BCUT2D eigenvalue weighted by Gasteiger charge is -2.30. The molecule has 1 aliphatic rings. The maximum atomic E-state index is 12.8. The molecule has 7 heteroatoms. The highest BCUT2D eigenvalue weighted by molar-refractivity contribution is 7.93. The minimum absolute atomic E-state index is 0.195. The zero-order chi connectivity index (χ0) is 17.7. The van der Waals surface area contributed by atoms with Crippen molar-refractivity contribution in [2.24, 2.45) is 10.3 Å². The first-order valence-corrected chi connectivity index (χ1v) is 9.61. The van der Waals surface area contributed by atoms with E-state index in [9.17, 15) is 13.8 Å². The van der Waals surface area contributed by atoms with Crippen molar-refractivity contribution in [2.75, 3.05) is 26.5 Å². The van der Waals surface area contributed by atoms with E-state index in [4.69, 9.17) is 4.74 Å². The van der Waals surface area contributed by atoms with Crippen LogP contribution in [0.4, 0.5) is 0 Å². The van der Waals surface area contributed by atoms with E-state index < -0.39 is 21.6 Å². The Kier molecular flexibility index (Phi) is 5.77. The monoisotopic (exact) mass is 350 g/mol. The van der Waals surface area contributed by atoms with Gasteiger partial charge in [0.05, 0.1) is 22.8 Å². The predicted molar refractivity (Wildman–Crippen MR) is 92.3 cm³/mol. The molecule has 6 nitrogen and oxygen atoms in total. The highest BCUT2D eigenvalue weighted by atomic mass is 32.2. The molecule has 1 fully saturated rings. The van der Waals surface area contributed by atoms with Crippen LogP contribution in [0.2, 0.25) is 0 Å². The normalized spacial score (nSPS) is 19.9. The molecule has 2 rings (SSSR count). The molecule has 0 aliphatic carbocycles. The van der Waals surface area contributed by atoms with Gasteiger partial charge in [-0.05, 0) is 43.2 Å². The molecule has 1 aliphatic heterocycles. The molecule has 1 saturated heterocycles. The molecule has 130 valence electrons. The molecule has 0 saturated carbocycles. The highest BCUT2D eigenvalue weighted by Gasteiger charge is 2.28. The van der Waals surface area contributed by atoms with Crippen molar-refractivity contribution in [3.05, 3.63) is 36.9 Å². The Labute approximate surface area is 142 Å². The van der Waals surface area contributed by atoms with Gasteiger partial charge in [0.2, 0.25) is 5.91 Å². The van der Waals surface area contributed by atoms with Gasteiger partial charge in [-0.15, -0.1) is 0 Å². The summed E-state index contributed by atoms with van der Waals surface area (Å²) in [7, 11) is -1.28. The zero-order valence-electron chi connectivity index (χ0n) is 13.9. The number of carbonyl (C=O) groups excluding carboxylic acids is 2. The number of hydrogen-bond donors (Lipinski definition) is 0. The Bertz CT molecular complexity index is 748. The van der Waals surface area contributed by atoms with Crippen LogP contribution in [0.5, 0.6) is 5.75 Å². The second-order valence-corrected chi connectivity index (χ2v) is 7.99. The summed E-state index contributed by atoms with van der Waals surface area (Å²) in [5.74, 6) is -0.382. The first-order valence-electron chi connectivity index (χ1n) is 7.69. The van der Waals surface area contributed by atoms with Crippen LogP contribution in [0.25, 0.3) is 0 Å². The van der Waals surface area contributed by atoms with Crippen molar-refractivity contribution >= 4 is 21.5 Å². The van der Waals surface area contributed by atoms with Gasteiger partial charge >= 0.3 is 0 Å². The maximum absolute atomic E-state index is 12.8. The predicted octanol–water partition coefficient (Wildman–Crippen LogP) is 2.10. The van der Waals surface area contributed by atoms with Crippen LogP contribution in [0, 0.1) is 5.92 Å². The number of nitrogens with zero attached hydrogens (tertiary/aromatic N) is 2. The van der Waals surface area contributed by atoms with Gasteiger partial charge in [-0.3, -0.25) is 9.59 Å². The maximum Gasteiger partial charge on any atom is 0.258 e. The Morgan fingerprint density at radius 2 is 2.04 bits per heavy atom. The fourth-order valence-corrected chi connectivity index (χ4v) is 3.87. The highest BCUT2D eigenvalue weighted by Crippen LogP contribution is 2.21. The molecular weight excluding hydrogens is 328 g/mol. The van der Waals surface area contributed by atoms with E-state index >= 15 is 0 Å². The molecule has 24 heavy (non-hydrogen) atoms. The minimum atomic E-state index is -2.83. The van der Waals surface area contributed by atoms with Crippen LogP contribution in [0.1, 0.15) is 12.8 Å². The fourth-order valence-electron chi connectivity index (χ4n) is 2.64. The Balaban J connectivity index is 2.18. The minimum Gasteiger partial charge on any atom is -0.497 e. The molecular formula is C17H22N2O4S. The number of carbonyl (C=O) groups is 2. The quantitative estimate of drug-likeness (QED) is 0.779. The van der Waals surface area contributed by atoms with Gasteiger partial charge in [0.15, 0.2) is 0 Å². The second kappa shape index (κ2) is 7.61. The molecule has 2 unspecified atom stereocenters. The number of piperidine rings is 1. The third-order valence-corrected chi connectivity index (χ3v) is 5.69. The van der Waals surface area contributed by atoms with Gasteiger partial charge in [0, 0.05) is 24.2 Å². The lowest BCUT2D eigenvalue weighted by Crippen LogP contribution is -2.41. The summed E-state index contributed by atoms with van der Waals surface area (Å²) in [5, 5.41) is 0. The van der Waals surface area contributed by atoms with Crippen LogP contribution in [-0.2, 0) is 19.3 Å².